The van der Waals surface area contributed by atoms with E-state index in [0.717, 1.165) is 29.2 Å². The van der Waals surface area contributed by atoms with Crippen LogP contribution in [0.25, 0.3) is 11.1 Å². The Morgan fingerprint density at radius 2 is 1.76 bits per heavy atom. The molecule has 3 N–H and O–H groups in total. The maximum Gasteiger partial charge on any atom is 0.322 e. The fraction of sp³-hybridized carbons (Fsp3) is 0.182. The highest BCUT2D eigenvalue weighted by Crippen LogP contribution is 2.32. The number of nitrogens with two attached hydrogens (primary N) is 1. The summed E-state index contributed by atoms with van der Waals surface area (Å²) in [4.78, 5) is 18.5. The summed E-state index contributed by atoms with van der Waals surface area (Å²) in [5, 5.41) is 2.85. The van der Waals surface area contributed by atoms with Crippen LogP contribution in [0.5, 0.6) is 0 Å². The SMILES string of the molecule is CC(F)(F)c1ccc(-c2ccc(N)c(NC(=O)N3Cc4ccncc4C3)c2)cc1. The van der Waals surface area contributed by atoms with Gasteiger partial charge in [0, 0.05) is 38.0 Å². The molecule has 2 aromatic carbocycles. The first-order valence-corrected chi connectivity index (χ1v) is 9.17. The number of pyridine rings is 1. The van der Waals surface area contributed by atoms with Gasteiger partial charge in [-0.2, -0.15) is 0 Å². The van der Waals surface area contributed by atoms with E-state index >= 15 is 0 Å². The van der Waals surface area contributed by atoms with Gasteiger partial charge in [0.15, 0.2) is 0 Å². The third kappa shape index (κ3) is 3.89. The Labute approximate surface area is 167 Å². The minimum Gasteiger partial charge on any atom is -0.397 e. The largest absolute Gasteiger partial charge is 0.397 e. The average molecular weight is 394 g/mol. The Morgan fingerprint density at radius 1 is 1.07 bits per heavy atom. The summed E-state index contributed by atoms with van der Waals surface area (Å²) in [5.41, 5.74) is 10.5. The van der Waals surface area contributed by atoms with Gasteiger partial charge in [-0.1, -0.05) is 30.3 Å². The molecule has 0 spiro atoms. The van der Waals surface area contributed by atoms with Gasteiger partial charge in [-0.25, -0.2) is 13.6 Å². The molecule has 0 radical (unpaired) electrons. The Kier molecular flexibility index (Phi) is 4.66. The fourth-order valence-electron chi connectivity index (χ4n) is 3.36. The highest BCUT2D eigenvalue weighted by Gasteiger charge is 2.25. The molecule has 0 unspecified atom stereocenters. The van der Waals surface area contributed by atoms with Gasteiger partial charge in [0.2, 0.25) is 0 Å². The number of halogens is 2. The van der Waals surface area contributed by atoms with Crippen molar-refractivity contribution < 1.29 is 13.6 Å². The number of nitrogens with one attached hydrogen (secondary N) is 1. The topological polar surface area (TPSA) is 71.2 Å². The molecular formula is C22H20F2N4O. The van der Waals surface area contributed by atoms with Crippen LogP contribution in [0.3, 0.4) is 0 Å². The normalized spacial score (nSPS) is 13.3. The molecule has 2 amide bonds. The first-order chi connectivity index (χ1) is 13.8. The zero-order valence-electron chi connectivity index (χ0n) is 15.8. The van der Waals surface area contributed by atoms with Crippen LogP contribution in [0, 0.1) is 0 Å². The number of alkyl halides is 2. The molecule has 1 aliphatic rings. The molecule has 29 heavy (non-hydrogen) atoms. The zero-order valence-corrected chi connectivity index (χ0v) is 15.8. The molecular weight excluding hydrogens is 374 g/mol. The number of hydrogen-bond acceptors (Lipinski definition) is 3. The van der Waals surface area contributed by atoms with Crippen molar-refractivity contribution in [1.29, 1.82) is 0 Å². The van der Waals surface area contributed by atoms with Crippen molar-refractivity contribution in [2.45, 2.75) is 25.9 Å². The number of carbonyl (C=O) groups is 1. The molecule has 0 bridgehead atoms. The number of benzene rings is 2. The first kappa shape index (κ1) is 18.9. The molecule has 0 atom stereocenters. The summed E-state index contributed by atoms with van der Waals surface area (Å²) < 4.78 is 26.8. The van der Waals surface area contributed by atoms with Crippen molar-refractivity contribution in [1.82, 2.24) is 9.88 Å². The molecule has 0 saturated carbocycles. The van der Waals surface area contributed by atoms with E-state index in [1.165, 1.54) is 12.1 Å². The standard InChI is InChI=1S/C22H20F2N4O/c1-22(23,24)18-5-2-14(3-6-18)15-4-7-19(25)20(10-15)27-21(29)28-12-16-8-9-26-11-17(16)13-28/h2-11H,12-13,25H2,1H3,(H,27,29). The molecule has 4 rings (SSSR count). The van der Waals surface area contributed by atoms with E-state index in [9.17, 15) is 13.6 Å². The maximum atomic E-state index is 13.4. The second-order valence-electron chi connectivity index (χ2n) is 7.20. The number of nitrogens with zero attached hydrogens (tertiary/aromatic N) is 2. The number of rotatable bonds is 3. The molecule has 148 valence electrons. The van der Waals surface area contributed by atoms with E-state index in [4.69, 9.17) is 5.73 Å². The third-order valence-electron chi connectivity index (χ3n) is 5.03. The smallest absolute Gasteiger partial charge is 0.322 e. The van der Waals surface area contributed by atoms with Gasteiger partial charge in [-0.3, -0.25) is 4.98 Å². The number of nitrogen functional groups attached to an aromatic ring is 1. The summed E-state index contributed by atoms with van der Waals surface area (Å²) in [6.07, 6.45) is 3.47. The van der Waals surface area contributed by atoms with Crippen LogP contribution in [0.15, 0.2) is 60.9 Å². The van der Waals surface area contributed by atoms with Gasteiger partial charge >= 0.3 is 6.03 Å². The van der Waals surface area contributed by atoms with Crippen molar-refractivity contribution in [3.05, 3.63) is 77.6 Å². The molecule has 3 aromatic rings. The van der Waals surface area contributed by atoms with E-state index in [2.05, 4.69) is 10.3 Å². The molecule has 1 aliphatic heterocycles. The lowest BCUT2D eigenvalue weighted by Gasteiger charge is -2.18. The van der Waals surface area contributed by atoms with E-state index in [1.807, 2.05) is 6.07 Å². The van der Waals surface area contributed by atoms with Gasteiger partial charge in [0.25, 0.3) is 5.92 Å². The maximum absolute atomic E-state index is 13.4. The van der Waals surface area contributed by atoms with Gasteiger partial charge in [0.05, 0.1) is 11.4 Å². The quantitative estimate of drug-likeness (QED) is 0.615. The van der Waals surface area contributed by atoms with E-state index in [-0.39, 0.29) is 11.6 Å². The number of urea groups is 1. The van der Waals surface area contributed by atoms with Gasteiger partial charge < -0.3 is 16.0 Å². The summed E-state index contributed by atoms with van der Waals surface area (Å²) in [7, 11) is 0. The molecule has 5 nitrogen and oxygen atoms in total. The lowest BCUT2D eigenvalue weighted by Crippen LogP contribution is -2.30. The van der Waals surface area contributed by atoms with E-state index < -0.39 is 5.92 Å². The highest BCUT2D eigenvalue weighted by atomic mass is 19.3. The Balaban J connectivity index is 1.52. The molecule has 2 heterocycles. The summed E-state index contributed by atoms with van der Waals surface area (Å²) in [5.74, 6) is -2.89. The summed E-state index contributed by atoms with van der Waals surface area (Å²) >= 11 is 0. The highest BCUT2D eigenvalue weighted by molar-refractivity contribution is 5.94. The van der Waals surface area contributed by atoms with E-state index in [0.29, 0.717) is 24.5 Å². The number of hydrogen-bond donors (Lipinski definition) is 2. The van der Waals surface area contributed by atoms with E-state index in [1.54, 1.807) is 47.6 Å². The predicted octanol–water partition coefficient (Wildman–Crippen LogP) is 4.99. The molecule has 0 aliphatic carbocycles. The predicted molar refractivity (Wildman–Crippen MR) is 108 cm³/mol. The van der Waals surface area contributed by atoms with Crippen molar-refractivity contribution in [2.75, 3.05) is 11.1 Å². The molecule has 7 heteroatoms. The van der Waals surface area contributed by atoms with Gasteiger partial charge in [-0.05, 0) is 40.5 Å². The number of fused-ring (bicyclic) bond motifs is 1. The number of anilines is 2. The van der Waals surface area contributed by atoms with Gasteiger partial charge in [0.1, 0.15) is 0 Å². The van der Waals surface area contributed by atoms with Crippen LogP contribution < -0.4 is 11.1 Å². The van der Waals surface area contributed by atoms with Crippen LogP contribution in [-0.2, 0) is 19.0 Å². The van der Waals surface area contributed by atoms with Crippen molar-refractivity contribution in [3.8, 4) is 11.1 Å². The second kappa shape index (κ2) is 7.16. The molecule has 0 saturated heterocycles. The van der Waals surface area contributed by atoms with Crippen LogP contribution in [-0.4, -0.2) is 15.9 Å². The minimum absolute atomic E-state index is 0.0479. The summed E-state index contributed by atoms with van der Waals surface area (Å²) in [6.45, 7) is 1.86. The monoisotopic (exact) mass is 394 g/mol. The Hall–Kier alpha value is -3.48. The second-order valence-corrected chi connectivity index (χ2v) is 7.20. The lowest BCUT2D eigenvalue weighted by molar-refractivity contribution is 0.0175. The average Bonchev–Trinajstić information content (AvgIpc) is 3.13. The van der Waals surface area contributed by atoms with Crippen molar-refractivity contribution in [3.63, 3.8) is 0 Å². The minimum atomic E-state index is -2.89. The number of aromatic nitrogens is 1. The van der Waals surface area contributed by atoms with Crippen LogP contribution in [0.2, 0.25) is 0 Å². The molecule has 1 aromatic heterocycles. The summed E-state index contributed by atoms with van der Waals surface area (Å²) in [6, 6.07) is 12.9. The Morgan fingerprint density at radius 3 is 2.45 bits per heavy atom. The number of carbonyl (C=O) groups excluding carboxylic acids is 1. The van der Waals surface area contributed by atoms with Crippen molar-refractivity contribution >= 4 is 17.4 Å². The van der Waals surface area contributed by atoms with Crippen molar-refractivity contribution in [2.24, 2.45) is 0 Å². The fourth-order valence-corrected chi connectivity index (χ4v) is 3.36. The van der Waals surface area contributed by atoms with Crippen LogP contribution >= 0.6 is 0 Å². The Bertz CT molecular complexity index is 1040. The van der Waals surface area contributed by atoms with Crippen LogP contribution in [0.4, 0.5) is 25.0 Å². The zero-order chi connectivity index (χ0) is 20.6. The molecule has 0 fully saturated rings. The van der Waals surface area contributed by atoms with Crippen LogP contribution in [0.1, 0.15) is 23.6 Å². The lowest BCUT2D eigenvalue weighted by atomic mass is 10.0. The van der Waals surface area contributed by atoms with Gasteiger partial charge in [-0.15, -0.1) is 0 Å². The number of amides is 2. The first-order valence-electron chi connectivity index (χ1n) is 9.17. The third-order valence-corrected chi connectivity index (χ3v) is 5.03.